The Kier molecular flexibility index (Phi) is 3.30. The van der Waals surface area contributed by atoms with Crippen LogP contribution in [0.4, 0.5) is 5.69 Å². The average Bonchev–Trinajstić information content (AvgIpc) is 2.81. The van der Waals surface area contributed by atoms with Crippen molar-refractivity contribution in [1.82, 2.24) is 4.57 Å². The number of benzene rings is 2. The normalized spacial score (nSPS) is 11.4. The highest BCUT2D eigenvalue weighted by molar-refractivity contribution is 6.09. The summed E-state index contributed by atoms with van der Waals surface area (Å²) in [6, 6.07) is 15.1. The fourth-order valence-electron chi connectivity index (χ4n) is 2.70. The molecule has 2 aromatic carbocycles. The summed E-state index contributed by atoms with van der Waals surface area (Å²) in [4.78, 5) is 0. The van der Waals surface area contributed by atoms with Crippen molar-refractivity contribution in [2.45, 2.75) is 13.5 Å². The molecule has 20 heavy (non-hydrogen) atoms. The summed E-state index contributed by atoms with van der Waals surface area (Å²) in [5.41, 5.74) is 3.67. The van der Waals surface area contributed by atoms with Gasteiger partial charge in [-0.3, -0.25) is 0 Å². The first-order chi connectivity index (χ1) is 9.85. The maximum atomic E-state index is 3.67. The SMILES string of the molecule is C=C/C=C/Nc1ccc2c(c1)c1ccccc1n2CC. The fraction of sp³-hybridized carbons (Fsp3) is 0.111. The van der Waals surface area contributed by atoms with Gasteiger partial charge in [-0.05, 0) is 37.3 Å². The minimum Gasteiger partial charge on any atom is -0.362 e. The van der Waals surface area contributed by atoms with Crippen LogP contribution >= 0.6 is 0 Å². The van der Waals surface area contributed by atoms with Crippen LogP contribution in [0.3, 0.4) is 0 Å². The van der Waals surface area contributed by atoms with E-state index < -0.39 is 0 Å². The molecule has 0 fully saturated rings. The number of aryl methyl sites for hydroxylation is 1. The zero-order valence-corrected chi connectivity index (χ0v) is 11.6. The molecule has 100 valence electrons. The van der Waals surface area contributed by atoms with Gasteiger partial charge in [0, 0.05) is 40.2 Å². The molecule has 2 heteroatoms. The number of rotatable bonds is 4. The fourth-order valence-corrected chi connectivity index (χ4v) is 2.70. The van der Waals surface area contributed by atoms with Crippen LogP contribution in [0.2, 0.25) is 0 Å². The van der Waals surface area contributed by atoms with E-state index in [0.717, 1.165) is 12.2 Å². The molecule has 0 atom stereocenters. The van der Waals surface area contributed by atoms with E-state index in [4.69, 9.17) is 0 Å². The number of allylic oxidation sites excluding steroid dienone is 2. The van der Waals surface area contributed by atoms with Gasteiger partial charge < -0.3 is 9.88 Å². The first-order valence-corrected chi connectivity index (χ1v) is 6.90. The smallest absolute Gasteiger partial charge is 0.0492 e. The molecular weight excluding hydrogens is 244 g/mol. The van der Waals surface area contributed by atoms with Crippen LogP contribution < -0.4 is 5.32 Å². The van der Waals surface area contributed by atoms with E-state index in [1.54, 1.807) is 6.08 Å². The van der Waals surface area contributed by atoms with Gasteiger partial charge in [-0.25, -0.2) is 0 Å². The van der Waals surface area contributed by atoms with Crippen LogP contribution in [-0.2, 0) is 6.54 Å². The molecule has 3 rings (SSSR count). The Bertz CT molecular complexity index is 794. The predicted octanol–water partition coefficient (Wildman–Crippen LogP) is 4.93. The van der Waals surface area contributed by atoms with E-state index in [1.807, 2.05) is 12.3 Å². The first kappa shape index (κ1) is 12.5. The lowest BCUT2D eigenvalue weighted by Gasteiger charge is -2.04. The maximum absolute atomic E-state index is 3.67. The van der Waals surface area contributed by atoms with Crippen molar-refractivity contribution in [2.24, 2.45) is 0 Å². The molecule has 1 aromatic heterocycles. The van der Waals surface area contributed by atoms with Gasteiger partial charge >= 0.3 is 0 Å². The Labute approximate surface area is 119 Å². The van der Waals surface area contributed by atoms with Crippen LogP contribution in [0.5, 0.6) is 0 Å². The van der Waals surface area contributed by atoms with Gasteiger partial charge in [-0.2, -0.15) is 0 Å². The Hall–Kier alpha value is -2.48. The topological polar surface area (TPSA) is 17.0 Å². The Morgan fingerprint density at radius 2 is 1.90 bits per heavy atom. The molecule has 0 amide bonds. The summed E-state index contributed by atoms with van der Waals surface area (Å²) < 4.78 is 2.36. The summed E-state index contributed by atoms with van der Waals surface area (Å²) in [6.07, 6.45) is 5.54. The standard InChI is InChI=1S/C18H18N2/c1-3-5-12-19-14-10-11-18-16(13-14)15-8-6-7-9-17(15)20(18)4-2/h3,5-13,19H,1,4H2,2H3/b12-5+. The zero-order valence-electron chi connectivity index (χ0n) is 11.6. The molecular formula is C18H18N2. The van der Waals surface area contributed by atoms with Crippen LogP contribution in [0.15, 0.2) is 67.4 Å². The molecule has 0 aliphatic rings. The molecule has 3 aromatic rings. The Balaban J connectivity index is 2.20. The molecule has 0 saturated carbocycles. The van der Waals surface area contributed by atoms with Gasteiger partial charge in [0.2, 0.25) is 0 Å². The summed E-state index contributed by atoms with van der Waals surface area (Å²) >= 11 is 0. The molecule has 1 N–H and O–H groups in total. The highest BCUT2D eigenvalue weighted by Gasteiger charge is 2.08. The minimum atomic E-state index is 0.979. The number of hydrogen-bond donors (Lipinski definition) is 1. The molecule has 0 unspecified atom stereocenters. The zero-order chi connectivity index (χ0) is 13.9. The average molecular weight is 262 g/mol. The molecule has 0 spiro atoms. The number of anilines is 1. The quantitative estimate of drug-likeness (QED) is 0.660. The van der Waals surface area contributed by atoms with Gasteiger partial charge in [0.1, 0.15) is 0 Å². The van der Waals surface area contributed by atoms with Crippen molar-refractivity contribution in [3.05, 3.63) is 67.4 Å². The van der Waals surface area contributed by atoms with E-state index in [9.17, 15) is 0 Å². The lowest BCUT2D eigenvalue weighted by atomic mass is 10.1. The lowest BCUT2D eigenvalue weighted by molar-refractivity contribution is 0.827. The van der Waals surface area contributed by atoms with Gasteiger partial charge in [0.25, 0.3) is 0 Å². The van der Waals surface area contributed by atoms with Crippen LogP contribution in [-0.4, -0.2) is 4.57 Å². The molecule has 0 bridgehead atoms. The second-order valence-electron chi connectivity index (χ2n) is 4.73. The third-order valence-electron chi connectivity index (χ3n) is 3.57. The van der Waals surface area contributed by atoms with E-state index in [2.05, 4.69) is 65.9 Å². The third kappa shape index (κ3) is 1.99. The number of fused-ring (bicyclic) bond motifs is 3. The highest BCUT2D eigenvalue weighted by atomic mass is 15.0. The number of hydrogen-bond acceptors (Lipinski definition) is 1. The van der Waals surface area contributed by atoms with Crippen molar-refractivity contribution >= 4 is 27.5 Å². The van der Waals surface area contributed by atoms with E-state index in [0.29, 0.717) is 0 Å². The minimum absolute atomic E-state index is 0.979. The monoisotopic (exact) mass is 262 g/mol. The van der Waals surface area contributed by atoms with Crippen molar-refractivity contribution in [1.29, 1.82) is 0 Å². The molecule has 0 aliphatic carbocycles. The first-order valence-electron chi connectivity index (χ1n) is 6.90. The van der Waals surface area contributed by atoms with Crippen LogP contribution in [0.1, 0.15) is 6.92 Å². The molecule has 0 radical (unpaired) electrons. The molecule has 2 nitrogen and oxygen atoms in total. The van der Waals surface area contributed by atoms with E-state index in [-0.39, 0.29) is 0 Å². The summed E-state index contributed by atoms with van der Waals surface area (Å²) in [5.74, 6) is 0. The van der Waals surface area contributed by atoms with Gasteiger partial charge in [-0.15, -0.1) is 0 Å². The predicted molar refractivity (Wildman–Crippen MR) is 88.1 cm³/mol. The number of aromatic nitrogens is 1. The Morgan fingerprint density at radius 3 is 2.70 bits per heavy atom. The van der Waals surface area contributed by atoms with E-state index in [1.165, 1.54) is 21.8 Å². The largest absolute Gasteiger partial charge is 0.362 e. The number of para-hydroxylation sites is 1. The number of nitrogens with one attached hydrogen (secondary N) is 1. The van der Waals surface area contributed by atoms with Crippen molar-refractivity contribution in [3.8, 4) is 0 Å². The second kappa shape index (κ2) is 5.25. The highest BCUT2D eigenvalue weighted by Crippen LogP contribution is 2.30. The molecule has 0 saturated heterocycles. The maximum Gasteiger partial charge on any atom is 0.0492 e. The lowest BCUT2D eigenvalue weighted by Crippen LogP contribution is -1.93. The van der Waals surface area contributed by atoms with Gasteiger partial charge in [0.05, 0.1) is 0 Å². The second-order valence-corrected chi connectivity index (χ2v) is 4.73. The van der Waals surface area contributed by atoms with Crippen molar-refractivity contribution < 1.29 is 0 Å². The van der Waals surface area contributed by atoms with Crippen molar-refractivity contribution in [3.63, 3.8) is 0 Å². The van der Waals surface area contributed by atoms with Crippen LogP contribution in [0.25, 0.3) is 21.8 Å². The summed E-state index contributed by atoms with van der Waals surface area (Å²) in [5, 5.41) is 5.87. The molecule has 0 aliphatic heterocycles. The third-order valence-corrected chi connectivity index (χ3v) is 3.57. The van der Waals surface area contributed by atoms with Gasteiger partial charge in [0.15, 0.2) is 0 Å². The van der Waals surface area contributed by atoms with Crippen molar-refractivity contribution in [2.75, 3.05) is 5.32 Å². The Morgan fingerprint density at radius 1 is 1.10 bits per heavy atom. The van der Waals surface area contributed by atoms with E-state index >= 15 is 0 Å². The van der Waals surface area contributed by atoms with Gasteiger partial charge in [-0.1, -0.05) is 30.9 Å². The van der Waals surface area contributed by atoms with Crippen LogP contribution in [0, 0.1) is 0 Å². The summed E-state index contributed by atoms with van der Waals surface area (Å²) in [7, 11) is 0. The molecule has 1 heterocycles. The summed E-state index contributed by atoms with van der Waals surface area (Å²) in [6.45, 7) is 6.83. The number of nitrogens with zero attached hydrogens (tertiary/aromatic N) is 1.